The Bertz CT molecular complexity index is 1270. The van der Waals surface area contributed by atoms with Gasteiger partial charge >= 0.3 is 0 Å². The maximum absolute atomic E-state index is 12.3. The number of hydrogen-bond donors (Lipinski definition) is 1. The average Bonchev–Trinajstić information content (AvgIpc) is 3.06. The molecule has 5 heteroatoms. The van der Waals surface area contributed by atoms with E-state index in [-0.39, 0.29) is 11.9 Å². The Morgan fingerprint density at radius 2 is 1.72 bits per heavy atom. The zero-order valence-electron chi connectivity index (χ0n) is 18.9. The predicted molar refractivity (Wildman–Crippen MR) is 132 cm³/mol. The van der Waals surface area contributed by atoms with E-state index in [4.69, 9.17) is 16.6 Å². The van der Waals surface area contributed by atoms with Gasteiger partial charge in [0.25, 0.3) is 5.91 Å². The van der Waals surface area contributed by atoms with Gasteiger partial charge in [0.05, 0.1) is 11.0 Å². The lowest BCUT2D eigenvalue weighted by atomic mass is 10.1. The fraction of sp³-hybridized carbons (Fsp3) is 0.259. The van der Waals surface area contributed by atoms with Crippen molar-refractivity contribution in [3.05, 3.63) is 99.3 Å². The van der Waals surface area contributed by atoms with E-state index in [2.05, 4.69) is 35.9 Å². The van der Waals surface area contributed by atoms with Crippen LogP contribution >= 0.6 is 11.6 Å². The van der Waals surface area contributed by atoms with Gasteiger partial charge in [0.1, 0.15) is 5.82 Å². The Morgan fingerprint density at radius 3 is 2.41 bits per heavy atom. The highest BCUT2D eigenvalue weighted by atomic mass is 35.5. The van der Waals surface area contributed by atoms with E-state index in [1.54, 1.807) is 0 Å². The molecule has 0 bridgehead atoms. The number of carbonyl (C=O) groups is 1. The molecule has 1 heterocycles. The molecule has 0 aliphatic rings. The molecule has 32 heavy (non-hydrogen) atoms. The summed E-state index contributed by atoms with van der Waals surface area (Å²) in [6, 6.07) is 20.2. The van der Waals surface area contributed by atoms with Crippen molar-refractivity contribution in [1.29, 1.82) is 0 Å². The number of rotatable bonds is 6. The molecule has 164 valence electrons. The summed E-state index contributed by atoms with van der Waals surface area (Å²) in [5, 5.41) is 3.68. The number of fused-ring (bicyclic) bond motifs is 1. The van der Waals surface area contributed by atoms with E-state index in [0.29, 0.717) is 18.5 Å². The SMILES string of the molecule is Cc1cc2nc(Cc3ccccc3Cl)n(Cc3ccc(C(=O)NC(C)C)cc3)c2cc1C. The second kappa shape index (κ2) is 9.17. The number of imidazole rings is 1. The summed E-state index contributed by atoms with van der Waals surface area (Å²) in [7, 11) is 0. The summed E-state index contributed by atoms with van der Waals surface area (Å²) in [5.41, 5.74) is 7.40. The van der Waals surface area contributed by atoms with Gasteiger partial charge in [0, 0.05) is 29.6 Å². The van der Waals surface area contributed by atoms with Crippen LogP contribution in [0.5, 0.6) is 0 Å². The molecule has 0 aliphatic carbocycles. The van der Waals surface area contributed by atoms with Gasteiger partial charge in [-0.15, -0.1) is 0 Å². The molecule has 0 unspecified atom stereocenters. The van der Waals surface area contributed by atoms with Gasteiger partial charge < -0.3 is 9.88 Å². The Morgan fingerprint density at radius 1 is 1.03 bits per heavy atom. The van der Waals surface area contributed by atoms with Crippen molar-refractivity contribution >= 4 is 28.5 Å². The quantitative estimate of drug-likeness (QED) is 0.390. The Hall–Kier alpha value is -3.11. The predicted octanol–water partition coefficient (Wildman–Crippen LogP) is 6.08. The first-order valence-corrected chi connectivity index (χ1v) is 11.3. The van der Waals surface area contributed by atoms with E-state index in [1.165, 1.54) is 11.1 Å². The molecule has 0 atom stereocenters. The second-order valence-electron chi connectivity index (χ2n) is 8.63. The first-order valence-electron chi connectivity index (χ1n) is 10.9. The molecule has 0 saturated carbocycles. The first-order chi connectivity index (χ1) is 15.3. The molecule has 0 aliphatic heterocycles. The van der Waals surface area contributed by atoms with E-state index >= 15 is 0 Å². The Balaban J connectivity index is 1.71. The number of amides is 1. The highest BCUT2D eigenvalue weighted by molar-refractivity contribution is 6.31. The first kappa shape index (κ1) is 22.1. The maximum atomic E-state index is 12.3. The lowest BCUT2D eigenvalue weighted by Crippen LogP contribution is -2.30. The Labute approximate surface area is 194 Å². The number of nitrogens with one attached hydrogen (secondary N) is 1. The monoisotopic (exact) mass is 445 g/mol. The van der Waals surface area contributed by atoms with Gasteiger partial charge in [-0.1, -0.05) is 41.9 Å². The van der Waals surface area contributed by atoms with Gasteiger partial charge in [-0.05, 0) is 80.3 Å². The molecule has 1 N–H and O–H groups in total. The van der Waals surface area contributed by atoms with Crippen LogP contribution in [0.3, 0.4) is 0 Å². The van der Waals surface area contributed by atoms with E-state index < -0.39 is 0 Å². The minimum atomic E-state index is -0.0508. The van der Waals surface area contributed by atoms with Crippen LogP contribution in [-0.2, 0) is 13.0 Å². The third-order valence-corrected chi connectivity index (χ3v) is 6.09. The molecule has 3 aromatic carbocycles. The summed E-state index contributed by atoms with van der Waals surface area (Å²) < 4.78 is 2.26. The van der Waals surface area contributed by atoms with Crippen molar-refractivity contribution in [3.8, 4) is 0 Å². The minimum absolute atomic E-state index is 0.0508. The van der Waals surface area contributed by atoms with E-state index in [1.807, 2.05) is 62.4 Å². The van der Waals surface area contributed by atoms with Crippen molar-refractivity contribution in [2.75, 3.05) is 0 Å². The molecular formula is C27H28ClN3O. The normalized spacial score (nSPS) is 11.3. The van der Waals surface area contributed by atoms with Crippen molar-refractivity contribution in [1.82, 2.24) is 14.9 Å². The summed E-state index contributed by atoms with van der Waals surface area (Å²) in [6.07, 6.45) is 0.654. The lowest BCUT2D eigenvalue weighted by Gasteiger charge is -2.12. The highest BCUT2D eigenvalue weighted by Crippen LogP contribution is 2.25. The lowest BCUT2D eigenvalue weighted by molar-refractivity contribution is 0.0943. The number of aromatic nitrogens is 2. The number of hydrogen-bond acceptors (Lipinski definition) is 2. The molecule has 4 rings (SSSR count). The summed E-state index contributed by atoms with van der Waals surface area (Å²) in [5.74, 6) is 0.921. The van der Waals surface area contributed by atoms with Crippen molar-refractivity contribution in [3.63, 3.8) is 0 Å². The molecule has 0 saturated heterocycles. The van der Waals surface area contributed by atoms with Crippen LogP contribution in [0, 0.1) is 13.8 Å². The summed E-state index contributed by atoms with van der Waals surface area (Å²) >= 11 is 6.44. The number of aryl methyl sites for hydroxylation is 2. The van der Waals surface area contributed by atoms with Crippen LogP contribution in [0.1, 0.15) is 52.3 Å². The molecular weight excluding hydrogens is 418 g/mol. The molecule has 0 spiro atoms. The van der Waals surface area contributed by atoms with Gasteiger partial charge in [0.2, 0.25) is 0 Å². The number of halogens is 1. The van der Waals surface area contributed by atoms with Crippen LogP contribution in [0.2, 0.25) is 5.02 Å². The Kier molecular flexibility index (Phi) is 6.33. The second-order valence-corrected chi connectivity index (χ2v) is 9.04. The third kappa shape index (κ3) is 4.71. The third-order valence-electron chi connectivity index (χ3n) is 5.73. The standard InChI is InChI=1S/C27H28ClN3O/c1-17(2)29-27(32)21-11-9-20(10-12-21)16-31-25-14-19(4)18(3)13-24(25)30-26(31)15-22-7-5-6-8-23(22)28/h5-14,17H,15-16H2,1-4H3,(H,29,32). The van der Waals surface area contributed by atoms with Crippen molar-refractivity contribution < 1.29 is 4.79 Å². The molecule has 0 radical (unpaired) electrons. The van der Waals surface area contributed by atoms with Crippen molar-refractivity contribution in [2.45, 2.75) is 46.7 Å². The topological polar surface area (TPSA) is 46.9 Å². The minimum Gasteiger partial charge on any atom is -0.350 e. The van der Waals surface area contributed by atoms with Gasteiger partial charge in [-0.25, -0.2) is 4.98 Å². The van der Waals surface area contributed by atoms with Crippen molar-refractivity contribution in [2.24, 2.45) is 0 Å². The number of carbonyl (C=O) groups excluding carboxylic acids is 1. The fourth-order valence-electron chi connectivity index (χ4n) is 3.84. The van der Waals surface area contributed by atoms with E-state index in [0.717, 1.165) is 33.0 Å². The molecule has 0 fully saturated rings. The molecule has 4 nitrogen and oxygen atoms in total. The highest BCUT2D eigenvalue weighted by Gasteiger charge is 2.15. The molecule has 1 aromatic heterocycles. The zero-order chi connectivity index (χ0) is 22.8. The van der Waals surface area contributed by atoms with E-state index in [9.17, 15) is 4.79 Å². The van der Waals surface area contributed by atoms with Gasteiger partial charge in [-0.3, -0.25) is 4.79 Å². The van der Waals surface area contributed by atoms with Crippen LogP contribution in [0.25, 0.3) is 11.0 Å². The summed E-state index contributed by atoms with van der Waals surface area (Å²) in [4.78, 5) is 17.2. The number of nitrogens with zero attached hydrogens (tertiary/aromatic N) is 2. The number of benzene rings is 3. The van der Waals surface area contributed by atoms with Gasteiger partial charge in [0.15, 0.2) is 0 Å². The van der Waals surface area contributed by atoms with Crippen LogP contribution < -0.4 is 5.32 Å². The molecule has 4 aromatic rings. The fourth-order valence-corrected chi connectivity index (χ4v) is 4.05. The van der Waals surface area contributed by atoms with Crippen LogP contribution in [0.4, 0.5) is 0 Å². The van der Waals surface area contributed by atoms with Crippen LogP contribution in [0.15, 0.2) is 60.7 Å². The van der Waals surface area contributed by atoms with Gasteiger partial charge in [-0.2, -0.15) is 0 Å². The molecule has 1 amide bonds. The smallest absolute Gasteiger partial charge is 0.251 e. The zero-order valence-corrected chi connectivity index (χ0v) is 19.7. The summed E-state index contributed by atoms with van der Waals surface area (Å²) in [6.45, 7) is 8.83. The average molecular weight is 446 g/mol. The van der Waals surface area contributed by atoms with Crippen LogP contribution in [-0.4, -0.2) is 21.5 Å². The maximum Gasteiger partial charge on any atom is 0.251 e. The largest absolute Gasteiger partial charge is 0.350 e.